The minimum Gasteiger partial charge on any atom is -0.408 e. The standard InChI is InChI=1S/C8H6Cl2N2O3/c9-4-1-2-6(5(10)3-4)15-8(14)12-7(11)13/h1-3H,(H3,11,12,13,14). The molecule has 7 heteroatoms. The average Bonchev–Trinajstić information content (AvgIpc) is 2.08. The number of hydrogen-bond donors (Lipinski definition) is 2. The van der Waals surface area contributed by atoms with Crippen LogP contribution in [0.2, 0.25) is 10.0 Å². The van der Waals surface area contributed by atoms with Gasteiger partial charge in [-0.2, -0.15) is 0 Å². The highest BCUT2D eigenvalue weighted by Gasteiger charge is 2.09. The van der Waals surface area contributed by atoms with Crippen molar-refractivity contribution >= 4 is 35.3 Å². The van der Waals surface area contributed by atoms with Crippen LogP contribution in [0.15, 0.2) is 18.2 Å². The lowest BCUT2D eigenvalue weighted by Crippen LogP contribution is -2.36. The van der Waals surface area contributed by atoms with Crippen molar-refractivity contribution in [3.05, 3.63) is 28.2 Å². The second kappa shape index (κ2) is 4.86. The molecule has 1 aromatic rings. The van der Waals surface area contributed by atoms with Crippen LogP contribution in [-0.4, -0.2) is 12.1 Å². The van der Waals surface area contributed by atoms with Gasteiger partial charge in [0.15, 0.2) is 5.75 Å². The highest BCUT2D eigenvalue weighted by molar-refractivity contribution is 6.35. The molecule has 3 amide bonds. The number of halogens is 2. The SMILES string of the molecule is NC(=O)NC(=O)Oc1ccc(Cl)cc1Cl. The van der Waals surface area contributed by atoms with Crippen LogP contribution in [0.25, 0.3) is 0 Å². The van der Waals surface area contributed by atoms with Crippen LogP contribution in [0.4, 0.5) is 9.59 Å². The van der Waals surface area contributed by atoms with Gasteiger partial charge in [-0.05, 0) is 18.2 Å². The van der Waals surface area contributed by atoms with E-state index in [1.54, 1.807) is 5.32 Å². The molecule has 0 bridgehead atoms. The molecular weight excluding hydrogens is 243 g/mol. The molecule has 0 aromatic heterocycles. The minimum absolute atomic E-state index is 0.0832. The Kier molecular flexibility index (Phi) is 3.76. The van der Waals surface area contributed by atoms with Gasteiger partial charge in [0.05, 0.1) is 5.02 Å². The van der Waals surface area contributed by atoms with Crippen molar-refractivity contribution in [1.29, 1.82) is 0 Å². The molecule has 0 unspecified atom stereocenters. The summed E-state index contributed by atoms with van der Waals surface area (Å²) in [4.78, 5) is 21.2. The van der Waals surface area contributed by atoms with Gasteiger partial charge in [-0.15, -0.1) is 0 Å². The maximum Gasteiger partial charge on any atom is 0.420 e. The number of hydrogen-bond acceptors (Lipinski definition) is 3. The molecule has 5 nitrogen and oxygen atoms in total. The van der Waals surface area contributed by atoms with Crippen molar-refractivity contribution in [3.63, 3.8) is 0 Å². The summed E-state index contributed by atoms with van der Waals surface area (Å²) >= 11 is 11.3. The molecule has 0 fully saturated rings. The lowest BCUT2D eigenvalue weighted by molar-refractivity contribution is 0.199. The molecule has 0 atom stereocenters. The van der Waals surface area contributed by atoms with Gasteiger partial charge < -0.3 is 10.5 Å². The first-order valence-electron chi connectivity index (χ1n) is 3.72. The Morgan fingerprint density at radius 3 is 2.53 bits per heavy atom. The van der Waals surface area contributed by atoms with Crippen molar-refractivity contribution in [2.45, 2.75) is 0 Å². The first-order valence-corrected chi connectivity index (χ1v) is 4.48. The van der Waals surface area contributed by atoms with E-state index < -0.39 is 12.1 Å². The van der Waals surface area contributed by atoms with Crippen LogP contribution < -0.4 is 15.8 Å². The van der Waals surface area contributed by atoms with E-state index in [2.05, 4.69) is 4.74 Å². The molecule has 0 aliphatic heterocycles. The first-order chi connectivity index (χ1) is 6.99. The Bertz CT molecular complexity index is 409. The summed E-state index contributed by atoms with van der Waals surface area (Å²) in [5.41, 5.74) is 4.70. The summed E-state index contributed by atoms with van der Waals surface area (Å²) in [6.45, 7) is 0. The molecule has 15 heavy (non-hydrogen) atoms. The third-order valence-electron chi connectivity index (χ3n) is 1.32. The molecule has 0 aliphatic carbocycles. The number of amides is 3. The average molecular weight is 249 g/mol. The molecule has 0 saturated carbocycles. The molecule has 0 spiro atoms. The number of imide groups is 1. The van der Waals surface area contributed by atoms with E-state index in [-0.39, 0.29) is 10.8 Å². The Balaban J connectivity index is 2.72. The van der Waals surface area contributed by atoms with E-state index in [1.807, 2.05) is 0 Å². The predicted octanol–water partition coefficient (Wildman–Crippen LogP) is 2.16. The molecule has 80 valence electrons. The maximum atomic E-state index is 10.9. The van der Waals surface area contributed by atoms with Crippen LogP contribution in [0.5, 0.6) is 5.75 Å². The second-order valence-electron chi connectivity index (χ2n) is 2.45. The molecule has 0 heterocycles. The van der Waals surface area contributed by atoms with Gasteiger partial charge >= 0.3 is 12.1 Å². The lowest BCUT2D eigenvalue weighted by Gasteiger charge is -2.05. The Morgan fingerprint density at radius 1 is 1.33 bits per heavy atom. The van der Waals surface area contributed by atoms with Gasteiger partial charge in [-0.1, -0.05) is 23.2 Å². The number of benzene rings is 1. The van der Waals surface area contributed by atoms with Crippen LogP contribution in [0, 0.1) is 0 Å². The fourth-order valence-electron chi connectivity index (χ4n) is 0.784. The number of ether oxygens (including phenoxy) is 1. The van der Waals surface area contributed by atoms with Crippen molar-refractivity contribution < 1.29 is 14.3 Å². The third kappa shape index (κ3) is 3.65. The summed E-state index contributed by atoms with van der Waals surface area (Å²) < 4.78 is 4.67. The number of nitrogens with one attached hydrogen (secondary N) is 1. The number of carbonyl (C=O) groups excluding carboxylic acids is 2. The summed E-state index contributed by atoms with van der Waals surface area (Å²) in [5, 5.41) is 2.28. The molecule has 3 N–H and O–H groups in total. The van der Waals surface area contributed by atoms with Crippen LogP contribution >= 0.6 is 23.2 Å². The van der Waals surface area contributed by atoms with Gasteiger partial charge in [-0.25, -0.2) is 14.9 Å². The van der Waals surface area contributed by atoms with E-state index in [0.717, 1.165) is 0 Å². The lowest BCUT2D eigenvalue weighted by atomic mass is 10.3. The number of carbonyl (C=O) groups is 2. The Morgan fingerprint density at radius 2 is 2.00 bits per heavy atom. The molecule has 0 aliphatic rings. The maximum absolute atomic E-state index is 10.9. The quantitative estimate of drug-likeness (QED) is 0.799. The Labute approximate surface area is 95.1 Å². The molecule has 1 aromatic carbocycles. The summed E-state index contributed by atoms with van der Waals surface area (Å²) in [6.07, 6.45) is -1.01. The van der Waals surface area contributed by atoms with Crippen molar-refractivity contribution in [2.24, 2.45) is 5.73 Å². The number of nitrogens with two attached hydrogens (primary N) is 1. The van der Waals surface area contributed by atoms with Crippen molar-refractivity contribution in [2.75, 3.05) is 0 Å². The molecular formula is C8H6Cl2N2O3. The predicted molar refractivity (Wildman–Crippen MR) is 55.2 cm³/mol. The third-order valence-corrected chi connectivity index (χ3v) is 1.85. The van der Waals surface area contributed by atoms with Crippen molar-refractivity contribution in [1.82, 2.24) is 5.32 Å². The number of rotatable bonds is 1. The van der Waals surface area contributed by atoms with Crippen LogP contribution in [0.3, 0.4) is 0 Å². The Hall–Kier alpha value is -1.46. The van der Waals surface area contributed by atoms with E-state index in [9.17, 15) is 9.59 Å². The van der Waals surface area contributed by atoms with Gasteiger partial charge in [0, 0.05) is 5.02 Å². The summed E-state index contributed by atoms with van der Waals surface area (Å²) in [7, 11) is 0. The first kappa shape index (κ1) is 11.6. The van der Waals surface area contributed by atoms with Crippen LogP contribution in [0.1, 0.15) is 0 Å². The topological polar surface area (TPSA) is 81.4 Å². The number of primary amides is 1. The number of urea groups is 1. The van der Waals surface area contributed by atoms with E-state index >= 15 is 0 Å². The normalized spacial score (nSPS) is 9.47. The van der Waals surface area contributed by atoms with E-state index in [4.69, 9.17) is 28.9 Å². The van der Waals surface area contributed by atoms with Gasteiger partial charge in [0.2, 0.25) is 0 Å². The zero-order chi connectivity index (χ0) is 11.4. The zero-order valence-corrected chi connectivity index (χ0v) is 8.80. The van der Waals surface area contributed by atoms with Crippen LogP contribution in [-0.2, 0) is 0 Å². The van der Waals surface area contributed by atoms with E-state index in [0.29, 0.717) is 5.02 Å². The van der Waals surface area contributed by atoms with Gasteiger partial charge in [-0.3, -0.25) is 0 Å². The molecule has 0 radical (unpaired) electrons. The van der Waals surface area contributed by atoms with Gasteiger partial charge in [0.1, 0.15) is 0 Å². The van der Waals surface area contributed by atoms with Gasteiger partial charge in [0.25, 0.3) is 0 Å². The largest absolute Gasteiger partial charge is 0.420 e. The second-order valence-corrected chi connectivity index (χ2v) is 3.30. The fourth-order valence-corrected chi connectivity index (χ4v) is 1.23. The highest BCUT2D eigenvalue weighted by Crippen LogP contribution is 2.27. The fraction of sp³-hybridized carbons (Fsp3) is 0. The van der Waals surface area contributed by atoms with E-state index in [1.165, 1.54) is 18.2 Å². The monoisotopic (exact) mass is 248 g/mol. The minimum atomic E-state index is -1.01. The molecule has 1 rings (SSSR count). The smallest absolute Gasteiger partial charge is 0.408 e. The van der Waals surface area contributed by atoms with Crippen molar-refractivity contribution in [3.8, 4) is 5.75 Å². The summed E-state index contributed by atoms with van der Waals surface area (Å²) in [6, 6.07) is 3.27. The molecule has 0 saturated heterocycles. The summed E-state index contributed by atoms with van der Waals surface area (Å²) in [5.74, 6) is 0.0832. The highest BCUT2D eigenvalue weighted by atomic mass is 35.5. The zero-order valence-electron chi connectivity index (χ0n) is 7.29.